The molecule has 2 aromatic heterocycles. The molecule has 0 aromatic carbocycles. The zero-order valence-corrected chi connectivity index (χ0v) is 20.0. The minimum Gasteiger partial charge on any atom is -0.444 e. The fourth-order valence-corrected chi connectivity index (χ4v) is 4.49. The van der Waals surface area contributed by atoms with Crippen LogP contribution < -0.4 is 10.6 Å². The van der Waals surface area contributed by atoms with Crippen molar-refractivity contribution < 1.29 is 4.42 Å². The van der Waals surface area contributed by atoms with Gasteiger partial charge in [-0.2, -0.15) is 5.10 Å². The van der Waals surface area contributed by atoms with Gasteiger partial charge in [0.25, 0.3) is 0 Å². The number of nitrogens with one attached hydrogen (secondary N) is 2. The summed E-state index contributed by atoms with van der Waals surface area (Å²) in [5.41, 5.74) is 0.997. The lowest BCUT2D eigenvalue weighted by Crippen LogP contribution is -2.47. The maximum Gasteiger partial charge on any atom is 0.208 e. The van der Waals surface area contributed by atoms with Crippen LogP contribution in [-0.4, -0.2) is 62.8 Å². The van der Waals surface area contributed by atoms with E-state index < -0.39 is 0 Å². The normalized spacial score (nSPS) is 20.4. The highest BCUT2D eigenvalue weighted by atomic mass is 16.4. The molecule has 2 N–H and O–H groups in total. The van der Waals surface area contributed by atoms with Gasteiger partial charge in [0, 0.05) is 32.0 Å². The van der Waals surface area contributed by atoms with E-state index in [1.807, 2.05) is 13.8 Å². The summed E-state index contributed by atoms with van der Waals surface area (Å²) in [6.07, 6.45) is 5.23. The van der Waals surface area contributed by atoms with Crippen LogP contribution in [0.5, 0.6) is 0 Å². The molecule has 0 spiro atoms. The van der Waals surface area contributed by atoms with Gasteiger partial charge in [-0.05, 0) is 59.0 Å². The Morgan fingerprint density at radius 2 is 1.97 bits per heavy atom. The largest absolute Gasteiger partial charge is 0.444 e. The molecule has 0 radical (unpaired) electrons. The predicted octanol–water partition coefficient (Wildman–Crippen LogP) is 2.23. The van der Waals surface area contributed by atoms with E-state index in [2.05, 4.69) is 49.1 Å². The lowest BCUT2D eigenvalue weighted by molar-refractivity contribution is 0.166. The van der Waals surface area contributed by atoms with Crippen LogP contribution >= 0.6 is 0 Å². The smallest absolute Gasteiger partial charge is 0.208 e. The fraction of sp³-hybridized carbons (Fsp3) is 0.739. The van der Waals surface area contributed by atoms with Crippen LogP contribution in [0.1, 0.15) is 62.1 Å². The first kappa shape index (κ1) is 22.8. The van der Waals surface area contributed by atoms with Crippen molar-refractivity contribution in [1.29, 1.82) is 0 Å². The van der Waals surface area contributed by atoms with Gasteiger partial charge in [0.15, 0.2) is 11.8 Å². The summed E-state index contributed by atoms with van der Waals surface area (Å²) in [5.74, 6) is 5.37. The minimum absolute atomic E-state index is 0.335. The van der Waals surface area contributed by atoms with Crippen molar-refractivity contribution in [2.75, 3.05) is 26.2 Å². The molecule has 2 aliphatic heterocycles. The number of oxazole rings is 1. The molecule has 4 heterocycles. The van der Waals surface area contributed by atoms with E-state index in [0.29, 0.717) is 12.0 Å². The van der Waals surface area contributed by atoms with E-state index in [0.717, 1.165) is 106 Å². The second-order valence-corrected chi connectivity index (χ2v) is 9.05. The second-order valence-electron chi connectivity index (χ2n) is 9.05. The molecule has 1 fully saturated rings. The van der Waals surface area contributed by atoms with Gasteiger partial charge in [0.05, 0.1) is 18.8 Å². The van der Waals surface area contributed by atoms with Crippen LogP contribution in [0.2, 0.25) is 0 Å². The predicted molar refractivity (Wildman–Crippen MR) is 125 cm³/mol. The average molecular weight is 443 g/mol. The van der Waals surface area contributed by atoms with Crippen molar-refractivity contribution in [2.24, 2.45) is 10.9 Å². The topological polar surface area (TPSA) is 96.4 Å². The van der Waals surface area contributed by atoms with Gasteiger partial charge in [0.2, 0.25) is 5.89 Å². The monoisotopic (exact) mass is 442 g/mol. The Kier molecular flexibility index (Phi) is 7.44. The SMILES string of the molecule is CCNC(=NCC1CCN(Cc2nc(C)c(C)o2)CC1)NC1CCc2nc(CC)nn2C1. The molecule has 2 aromatic rings. The Morgan fingerprint density at radius 3 is 2.66 bits per heavy atom. The molecule has 32 heavy (non-hydrogen) atoms. The van der Waals surface area contributed by atoms with E-state index in [1.165, 1.54) is 0 Å². The highest BCUT2D eigenvalue weighted by Gasteiger charge is 2.23. The number of hydrogen-bond acceptors (Lipinski definition) is 6. The number of fused-ring (bicyclic) bond motifs is 1. The standard InChI is InChI=1S/C23H38N8O/c1-5-20-28-21-8-7-19(14-31(21)29-20)27-23(24-6-2)25-13-18-9-11-30(12-10-18)15-22-26-16(3)17(4)32-22/h18-19H,5-15H2,1-4H3,(H2,24,25,27). The molecule has 1 atom stereocenters. The van der Waals surface area contributed by atoms with Crippen LogP contribution in [0.4, 0.5) is 0 Å². The number of aromatic nitrogens is 4. The highest BCUT2D eigenvalue weighted by molar-refractivity contribution is 5.80. The number of aliphatic imine (C=N–C) groups is 1. The number of rotatable bonds is 7. The molecule has 4 rings (SSSR count). The highest BCUT2D eigenvalue weighted by Crippen LogP contribution is 2.20. The fourth-order valence-electron chi connectivity index (χ4n) is 4.49. The molecular formula is C23H38N8O. The molecule has 1 saturated heterocycles. The molecule has 0 amide bonds. The van der Waals surface area contributed by atoms with Gasteiger partial charge in [-0.1, -0.05) is 6.92 Å². The van der Waals surface area contributed by atoms with Crippen molar-refractivity contribution >= 4 is 5.96 Å². The van der Waals surface area contributed by atoms with Crippen molar-refractivity contribution in [2.45, 2.75) is 78.9 Å². The molecule has 0 bridgehead atoms. The van der Waals surface area contributed by atoms with E-state index >= 15 is 0 Å². The first-order chi connectivity index (χ1) is 15.5. The maximum atomic E-state index is 5.75. The number of guanidine groups is 1. The summed E-state index contributed by atoms with van der Waals surface area (Å²) < 4.78 is 7.82. The molecule has 176 valence electrons. The molecule has 2 aliphatic rings. The van der Waals surface area contributed by atoms with Crippen LogP contribution in [0, 0.1) is 19.8 Å². The van der Waals surface area contributed by atoms with Crippen molar-refractivity contribution in [3.05, 3.63) is 29.0 Å². The summed E-state index contributed by atoms with van der Waals surface area (Å²) in [6.45, 7) is 13.7. The van der Waals surface area contributed by atoms with Crippen molar-refractivity contribution in [3.63, 3.8) is 0 Å². The third kappa shape index (κ3) is 5.68. The Bertz CT molecular complexity index is 890. The van der Waals surface area contributed by atoms with Gasteiger partial charge in [0.1, 0.15) is 11.6 Å². The number of nitrogens with zero attached hydrogens (tertiary/aromatic N) is 6. The van der Waals surface area contributed by atoms with E-state index in [9.17, 15) is 0 Å². The minimum atomic E-state index is 0.335. The lowest BCUT2D eigenvalue weighted by atomic mass is 9.97. The van der Waals surface area contributed by atoms with Gasteiger partial charge >= 0.3 is 0 Å². The molecule has 9 nitrogen and oxygen atoms in total. The van der Waals surface area contributed by atoms with Gasteiger partial charge in [-0.25, -0.2) is 14.6 Å². The quantitative estimate of drug-likeness (QED) is 0.501. The number of likely N-dealkylation sites (tertiary alicyclic amines) is 1. The summed E-state index contributed by atoms with van der Waals surface area (Å²) in [5, 5.41) is 11.7. The Balaban J connectivity index is 1.25. The number of aryl methyl sites for hydroxylation is 4. The zero-order chi connectivity index (χ0) is 22.5. The summed E-state index contributed by atoms with van der Waals surface area (Å²) in [6, 6.07) is 0.335. The van der Waals surface area contributed by atoms with E-state index in [4.69, 9.17) is 9.41 Å². The van der Waals surface area contributed by atoms with Gasteiger partial charge in [-0.15, -0.1) is 0 Å². The summed E-state index contributed by atoms with van der Waals surface area (Å²) >= 11 is 0. The summed E-state index contributed by atoms with van der Waals surface area (Å²) in [7, 11) is 0. The van der Waals surface area contributed by atoms with Crippen LogP contribution in [-0.2, 0) is 25.9 Å². The Morgan fingerprint density at radius 1 is 1.16 bits per heavy atom. The lowest BCUT2D eigenvalue weighted by Gasteiger charge is -2.30. The Labute approximate surface area is 191 Å². The summed E-state index contributed by atoms with van der Waals surface area (Å²) in [4.78, 5) is 16.5. The van der Waals surface area contributed by atoms with Crippen molar-refractivity contribution in [1.82, 2.24) is 35.3 Å². The van der Waals surface area contributed by atoms with E-state index in [-0.39, 0.29) is 0 Å². The molecule has 1 unspecified atom stereocenters. The first-order valence-electron chi connectivity index (χ1n) is 12.2. The number of piperidine rings is 1. The van der Waals surface area contributed by atoms with Crippen LogP contribution in [0.15, 0.2) is 9.41 Å². The number of hydrogen-bond donors (Lipinski definition) is 2. The molecule has 0 saturated carbocycles. The molecular weight excluding hydrogens is 404 g/mol. The first-order valence-corrected chi connectivity index (χ1v) is 12.2. The van der Waals surface area contributed by atoms with Gasteiger partial charge in [-0.3, -0.25) is 9.89 Å². The maximum absolute atomic E-state index is 5.75. The molecule has 9 heteroatoms. The average Bonchev–Trinajstić information content (AvgIpc) is 3.34. The van der Waals surface area contributed by atoms with Crippen LogP contribution in [0.25, 0.3) is 0 Å². The van der Waals surface area contributed by atoms with Crippen LogP contribution in [0.3, 0.4) is 0 Å². The van der Waals surface area contributed by atoms with Crippen molar-refractivity contribution in [3.8, 4) is 0 Å². The second kappa shape index (κ2) is 10.5. The molecule has 0 aliphatic carbocycles. The third-order valence-electron chi connectivity index (χ3n) is 6.55. The third-order valence-corrected chi connectivity index (χ3v) is 6.55. The van der Waals surface area contributed by atoms with Gasteiger partial charge < -0.3 is 15.1 Å². The van der Waals surface area contributed by atoms with E-state index in [1.54, 1.807) is 0 Å². The zero-order valence-electron chi connectivity index (χ0n) is 20.0. The Hall–Kier alpha value is -2.42.